The maximum atomic E-state index is 12.4. The number of thiazole rings is 1. The van der Waals surface area contributed by atoms with Gasteiger partial charge in [0.15, 0.2) is 0 Å². The highest BCUT2D eigenvalue weighted by Crippen LogP contribution is 2.21. The number of aryl methyl sites for hydroxylation is 1. The molecule has 1 N–H and O–H groups in total. The van der Waals surface area contributed by atoms with Crippen molar-refractivity contribution in [3.63, 3.8) is 0 Å². The molecule has 1 aromatic heterocycles. The van der Waals surface area contributed by atoms with E-state index in [9.17, 15) is 13.2 Å². The summed E-state index contributed by atoms with van der Waals surface area (Å²) in [6.07, 6.45) is 3.24. The molecule has 9 heteroatoms. The van der Waals surface area contributed by atoms with Crippen molar-refractivity contribution < 1.29 is 13.2 Å². The number of rotatable bonds is 5. The first-order chi connectivity index (χ1) is 12.0. The lowest BCUT2D eigenvalue weighted by Crippen LogP contribution is -2.28. The Bertz CT molecular complexity index is 882. The van der Waals surface area contributed by atoms with Gasteiger partial charge in [-0.3, -0.25) is 4.79 Å². The molecule has 132 valence electrons. The summed E-state index contributed by atoms with van der Waals surface area (Å²) in [5.74, 6) is -0.409. The Morgan fingerprint density at radius 3 is 2.56 bits per heavy atom. The third-order valence-corrected chi connectivity index (χ3v) is 6.52. The largest absolute Gasteiger partial charge is 0.271 e. The van der Waals surface area contributed by atoms with Crippen LogP contribution in [0.5, 0.6) is 0 Å². The molecule has 0 spiro atoms. The van der Waals surface area contributed by atoms with E-state index in [1.54, 1.807) is 0 Å². The highest BCUT2D eigenvalue weighted by atomic mass is 32.2. The number of hydrazone groups is 1. The fourth-order valence-electron chi connectivity index (χ4n) is 2.52. The SMILES string of the molecule is Cc1nc(/C=N\NC(=O)c2ccc(S(=O)(=O)N3CCCC3)cc2)cs1. The average molecular weight is 378 g/mol. The summed E-state index contributed by atoms with van der Waals surface area (Å²) < 4.78 is 26.4. The van der Waals surface area contributed by atoms with E-state index in [0.29, 0.717) is 24.3 Å². The average Bonchev–Trinajstić information content (AvgIpc) is 3.27. The van der Waals surface area contributed by atoms with E-state index in [-0.39, 0.29) is 4.90 Å². The van der Waals surface area contributed by atoms with Gasteiger partial charge in [-0.2, -0.15) is 9.41 Å². The van der Waals surface area contributed by atoms with Gasteiger partial charge in [0.05, 0.1) is 21.8 Å². The number of amides is 1. The molecular formula is C16H18N4O3S2. The van der Waals surface area contributed by atoms with Crippen LogP contribution in [0.15, 0.2) is 39.6 Å². The van der Waals surface area contributed by atoms with Crippen LogP contribution in [0, 0.1) is 6.92 Å². The van der Waals surface area contributed by atoms with Gasteiger partial charge in [0.1, 0.15) is 0 Å². The molecule has 0 unspecified atom stereocenters. The van der Waals surface area contributed by atoms with Gasteiger partial charge in [-0.25, -0.2) is 18.8 Å². The number of sulfonamides is 1. The van der Waals surface area contributed by atoms with Crippen LogP contribution in [0.4, 0.5) is 0 Å². The van der Waals surface area contributed by atoms with Gasteiger partial charge in [-0.1, -0.05) is 0 Å². The minimum Gasteiger partial charge on any atom is -0.267 e. The van der Waals surface area contributed by atoms with E-state index in [0.717, 1.165) is 17.8 Å². The van der Waals surface area contributed by atoms with Crippen LogP contribution in [-0.2, 0) is 10.0 Å². The Hall–Kier alpha value is -2.10. The topological polar surface area (TPSA) is 91.7 Å². The van der Waals surface area contributed by atoms with Gasteiger partial charge >= 0.3 is 0 Å². The van der Waals surface area contributed by atoms with Gasteiger partial charge in [0.2, 0.25) is 10.0 Å². The van der Waals surface area contributed by atoms with Crippen molar-refractivity contribution >= 4 is 33.5 Å². The van der Waals surface area contributed by atoms with E-state index in [4.69, 9.17) is 0 Å². The lowest BCUT2D eigenvalue weighted by atomic mass is 10.2. The Labute approximate surface area is 150 Å². The summed E-state index contributed by atoms with van der Waals surface area (Å²) in [6.45, 7) is 2.99. The summed E-state index contributed by atoms with van der Waals surface area (Å²) in [7, 11) is -3.47. The van der Waals surface area contributed by atoms with Crippen molar-refractivity contribution in [1.82, 2.24) is 14.7 Å². The molecule has 1 amide bonds. The highest BCUT2D eigenvalue weighted by molar-refractivity contribution is 7.89. The van der Waals surface area contributed by atoms with Crippen LogP contribution in [0.1, 0.15) is 33.9 Å². The normalized spacial score (nSPS) is 15.7. The van der Waals surface area contributed by atoms with Gasteiger partial charge < -0.3 is 0 Å². The van der Waals surface area contributed by atoms with Gasteiger partial charge in [0.25, 0.3) is 5.91 Å². The highest BCUT2D eigenvalue weighted by Gasteiger charge is 2.27. The van der Waals surface area contributed by atoms with Crippen molar-refractivity contribution in [2.24, 2.45) is 5.10 Å². The molecule has 0 saturated carbocycles. The minimum atomic E-state index is -3.47. The number of benzene rings is 1. The second kappa shape index (κ2) is 7.42. The molecule has 1 aliphatic heterocycles. The zero-order valence-corrected chi connectivity index (χ0v) is 15.3. The van der Waals surface area contributed by atoms with Crippen LogP contribution >= 0.6 is 11.3 Å². The fraction of sp³-hybridized carbons (Fsp3) is 0.312. The Morgan fingerprint density at radius 1 is 1.28 bits per heavy atom. The number of aromatic nitrogens is 1. The van der Waals surface area contributed by atoms with Crippen molar-refractivity contribution in [2.75, 3.05) is 13.1 Å². The second-order valence-corrected chi connectivity index (χ2v) is 8.63. The summed E-state index contributed by atoms with van der Waals surface area (Å²) in [6, 6.07) is 5.88. The third-order valence-electron chi connectivity index (χ3n) is 3.82. The molecular weight excluding hydrogens is 360 g/mol. The standard InChI is InChI=1S/C16H18N4O3S2/c1-12-18-14(11-24-12)10-17-19-16(21)13-4-6-15(7-5-13)25(22,23)20-8-2-3-9-20/h4-7,10-11H,2-3,8-9H2,1H3,(H,19,21)/b17-10-. The van der Waals surface area contributed by atoms with Crippen LogP contribution in [-0.4, -0.2) is 42.9 Å². The van der Waals surface area contributed by atoms with E-state index < -0.39 is 15.9 Å². The first kappa shape index (κ1) is 17.7. The number of nitrogens with zero attached hydrogens (tertiary/aromatic N) is 3. The second-order valence-electron chi connectivity index (χ2n) is 5.63. The predicted molar refractivity (Wildman–Crippen MR) is 96.3 cm³/mol. The third kappa shape index (κ3) is 4.12. The minimum absolute atomic E-state index is 0.201. The fourth-order valence-corrected chi connectivity index (χ4v) is 4.60. The number of nitrogens with one attached hydrogen (secondary N) is 1. The predicted octanol–water partition coefficient (Wildman–Crippen LogP) is 2.00. The first-order valence-corrected chi connectivity index (χ1v) is 10.1. The number of carbonyl (C=O) groups is 1. The van der Waals surface area contributed by atoms with E-state index in [1.807, 2.05) is 12.3 Å². The molecule has 3 rings (SSSR count). The molecule has 25 heavy (non-hydrogen) atoms. The van der Waals surface area contributed by atoms with E-state index in [1.165, 1.54) is 46.1 Å². The summed E-state index contributed by atoms with van der Waals surface area (Å²) >= 11 is 1.50. The first-order valence-electron chi connectivity index (χ1n) is 7.82. The zero-order chi connectivity index (χ0) is 17.9. The Morgan fingerprint density at radius 2 is 1.96 bits per heavy atom. The monoisotopic (exact) mass is 378 g/mol. The van der Waals surface area contributed by atoms with E-state index in [2.05, 4.69) is 15.5 Å². The number of hydrogen-bond acceptors (Lipinski definition) is 6. The van der Waals surface area contributed by atoms with Gasteiger partial charge in [-0.15, -0.1) is 11.3 Å². The van der Waals surface area contributed by atoms with Crippen molar-refractivity contribution in [1.29, 1.82) is 0 Å². The molecule has 7 nitrogen and oxygen atoms in total. The number of carbonyl (C=O) groups excluding carboxylic acids is 1. The molecule has 1 aromatic carbocycles. The van der Waals surface area contributed by atoms with Crippen LogP contribution in [0.25, 0.3) is 0 Å². The lowest BCUT2D eigenvalue weighted by Gasteiger charge is -2.15. The van der Waals surface area contributed by atoms with Gasteiger partial charge in [-0.05, 0) is 44.0 Å². The van der Waals surface area contributed by atoms with Crippen molar-refractivity contribution in [3.8, 4) is 0 Å². The van der Waals surface area contributed by atoms with Crippen molar-refractivity contribution in [3.05, 3.63) is 45.9 Å². The van der Waals surface area contributed by atoms with Crippen LogP contribution < -0.4 is 5.43 Å². The lowest BCUT2D eigenvalue weighted by molar-refractivity contribution is 0.0955. The van der Waals surface area contributed by atoms with Crippen LogP contribution in [0.3, 0.4) is 0 Å². The molecule has 2 aromatic rings. The van der Waals surface area contributed by atoms with Crippen LogP contribution in [0.2, 0.25) is 0 Å². The number of hydrogen-bond donors (Lipinski definition) is 1. The Balaban J connectivity index is 1.65. The van der Waals surface area contributed by atoms with Crippen molar-refractivity contribution in [2.45, 2.75) is 24.7 Å². The molecule has 1 saturated heterocycles. The molecule has 2 heterocycles. The van der Waals surface area contributed by atoms with E-state index >= 15 is 0 Å². The molecule has 0 atom stereocenters. The molecule has 1 aliphatic rings. The maximum absolute atomic E-state index is 12.4. The summed E-state index contributed by atoms with van der Waals surface area (Å²) in [5, 5.41) is 6.61. The quantitative estimate of drug-likeness (QED) is 0.636. The smallest absolute Gasteiger partial charge is 0.267 e. The maximum Gasteiger partial charge on any atom is 0.271 e. The molecule has 0 aliphatic carbocycles. The summed E-state index contributed by atoms with van der Waals surface area (Å²) in [4.78, 5) is 16.5. The molecule has 0 radical (unpaired) electrons. The zero-order valence-electron chi connectivity index (χ0n) is 13.7. The molecule has 1 fully saturated rings. The molecule has 0 bridgehead atoms. The van der Waals surface area contributed by atoms with Gasteiger partial charge in [0, 0.05) is 24.0 Å². The summed E-state index contributed by atoms with van der Waals surface area (Å²) in [5.41, 5.74) is 3.42. The Kier molecular flexibility index (Phi) is 5.26.